The number of hydrogen-bond acceptors (Lipinski definition) is 11. The Morgan fingerprint density at radius 2 is 2.13 bits per heavy atom. The van der Waals surface area contributed by atoms with Gasteiger partial charge in [-0.1, -0.05) is 16.9 Å². The molecule has 1 aliphatic heterocycles. The predicted octanol–water partition coefficient (Wildman–Crippen LogP) is -0.593. The summed E-state index contributed by atoms with van der Waals surface area (Å²) in [5.41, 5.74) is -0.400. The summed E-state index contributed by atoms with van der Waals surface area (Å²) in [5.74, 6) is -2.95. The van der Waals surface area contributed by atoms with E-state index in [9.17, 15) is 27.6 Å². The largest absolute Gasteiger partial charge is 0.398 e. The smallest absolute Gasteiger partial charge is 0.363 e. The minimum absolute atomic E-state index is 0.0154. The summed E-state index contributed by atoms with van der Waals surface area (Å²) in [6.07, 6.45) is 0. The zero-order valence-electron chi connectivity index (χ0n) is 15.2. The number of nitrogens with zero attached hydrogens (tertiary/aromatic N) is 3. The molecule has 0 aliphatic carbocycles. The van der Waals surface area contributed by atoms with E-state index in [1.807, 2.05) is 0 Å². The lowest BCUT2D eigenvalue weighted by atomic mass is 10.1. The Kier molecular flexibility index (Phi) is 7.75. The number of amides is 3. The summed E-state index contributed by atoms with van der Waals surface area (Å²) in [7, 11) is -3.78. The molecule has 1 aromatic heterocycles. The van der Waals surface area contributed by atoms with Gasteiger partial charge in [-0.05, 0) is 0 Å². The number of aromatic nitrogens is 1. The molecule has 1 fully saturated rings. The van der Waals surface area contributed by atoms with Crippen LogP contribution in [0.3, 0.4) is 0 Å². The van der Waals surface area contributed by atoms with Crippen LogP contribution >= 0.6 is 34.7 Å². The van der Waals surface area contributed by atoms with Crippen LogP contribution in [0.2, 0.25) is 0 Å². The van der Waals surface area contributed by atoms with Gasteiger partial charge in [0.25, 0.3) is 11.8 Å². The fourth-order valence-electron chi connectivity index (χ4n) is 2.20. The highest BCUT2D eigenvalue weighted by Crippen LogP contribution is 2.32. The maximum absolute atomic E-state index is 12.6. The number of halogens is 1. The Morgan fingerprint density at radius 3 is 2.67 bits per heavy atom. The fourth-order valence-corrected chi connectivity index (χ4v) is 5.02. The molecular weight excluding hydrogens is 486 g/mol. The number of oxime groups is 1. The van der Waals surface area contributed by atoms with Crippen LogP contribution in [-0.2, 0) is 34.3 Å². The van der Waals surface area contributed by atoms with Gasteiger partial charge in [0.15, 0.2) is 16.0 Å². The van der Waals surface area contributed by atoms with Gasteiger partial charge in [0.05, 0.1) is 0 Å². The first-order chi connectivity index (χ1) is 14.0. The number of thiazole rings is 1. The number of thioether (sulfide) groups is 1. The summed E-state index contributed by atoms with van der Waals surface area (Å²) in [6.45, 7) is 1.12. The van der Waals surface area contributed by atoms with Crippen molar-refractivity contribution in [2.75, 3.05) is 18.3 Å². The lowest BCUT2D eigenvalue weighted by molar-refractivity contribution is -0.141. The Morgan fingerprint density at radius 1 is 1.47 bits per heavy atom. The van der Waals surface area contributed by atoms with Crippen molar-refractivity contribution in [3.63, 3.8) is 0 Å². The third-order valence-corrected chi connectivity index (χ3v) is 6.43. The second kappa shape index (κ2) is 9.69. The van der Waals surface area contributed by atoms with Crippen LogP contribution in [0.25, 0.3) is 0 Å². The van der Waals surface area contributed by atoms with E-state index in [1.165, 1.54) is 5.38 Å². The highest BCUT2D eigenvalue weighted by molar-refractivity contribution is 8.14. The van der Waals surface area contributed by atoms with E-state index in [1.54, 1.807) is 0 Å². The van der Waals surface area contributed by atoms with Crippen LogP contribution in [0, 0.1) is 0 Å². The maximum atomic E-state index is 12.6. The molecule has 13 nitrogen and oxygen atoms in total. The first-order valence-electron chi connectivity index (χ1n) is 7.71. The van der Waals surface area contributed by atoms with E-state index in [4.69, 9.17) is 16.2 Å². The normalized spacial score (nSPS) is 19.1. The van der Waals surface area contributed by atoms with E-state index >= 15 is 0 Å². The van der Waals surface area contributed by atoms with Gasteiger partial charge in [-0.3, -0.25) is 23.7 Å². The van der Waals surface area contributed by atoms with Crippen LogP contribution in [-0.4, -0.2) is 75.2 Å². The number of β-lactam (4-membered cyclic amide) rings is 1. The standard InChI is InChI=1S/C13H14ClN5O8S3/c1-5(20)29-12-9(11(23)19(12)30(24,25)26)17-10(22)8(18-27-2)6-4-28-13(15-6)16-7(21)3-14/h4,9,12H,3H2,1-2H3,(H,17,22)(H,15,16,21)(H,24,25,26)/t9-,12-/m1/s1. The van der Waals surface area contributed by atoms with Crippen LogP contribution < -0.4 is 10.6 Å². The van der Waals surface area contributed by atoms with Crippen molar-refractivity contribution >= 4 is 78.7 Å². The van der Waals surface area contributed by atoms with Gasteiger partial charge in [-0.25, -0.2) is 4.98 Å². The van der Waals surface area contributed by atoms with Crippen molar-refractivity contribution in [1.29, 1.82) is 0 Å². The molecule has 2 heterocycles. The molecule has 0 saturated carbocycles. The number of rotatable bonds is 8. The minimum Gasteiger partial charge on any atom is -0.398 e. The topological polar surface area (TPSA) is 184 Å². The minimum atomic E-state index is -4.93. The molecule has 0 unspecified atom stereocenters. The van der Waals surface area contributed by atoms with Gasteiger partial charge in [-0.15, -0.1) is 22.9 Å². The Bertz CT molecular complexity index is 1010. The predicted molar refractivity (Wildman–Crippen MR) is 107 cm³/mol. The lowest BCUT2D eigenvalue weighted by Crippen LogP contribution is -2.71. The molecular formula is C13H14ClN5O8S3. The second-order valence-corrected chi connectivity index (χ2v) is 9.11. The molecule has 1 saturated heterocycles. The highest BCUT2D eigenvalue weighted by Gasteiger charge is 2.55. The SMILES string of the molecule is CON=C(C(=O)N[C@@H]1C(=O)N(S(=O)(=O)O)[C@@H]1SC(C)=O)c1csc(NC(=O)CCl)n1. The number of anilines is 1. The van der Waals surface area contributed by atoms with Gasteiger partial charge >= 0.3 is 10.3 Å². The van der Waals surface area contributed by atoms with Crippen LogP contribution in [0.15, 0.2) is 10.5 Å². The molecule has 1 aromatic rings. The van der Waals surface area contributed by atoms with Gasteiger partial charge in [-0.2, -0.15) is 12.7 Å². The molecule has 0 bridgehead atoms. The number of hydrogen-bond donors (Lipinski definition) is 3. The zero-order valence-corrected chi connectivity index (χ0v) is 18.4. The van der Waals surface area contributed by atoms with Crippen molar-refractivity contribution in [1.82, 2.24) is 14.6 Å². The molecule has 1 aliphatic rings. The molecule has 164 valence electrons. The van der Waals surface area contributed by atoms with Gasteiger partial charge in [0.1, 0.15) is 30.1 Å². The number of carbonyl (C=O) groups excluding carboxylic acids is 4. The quantitative estimate of drug-likeness (QED) is 0.137. The Balaban J connectivity index is 2.22. The molecule has 0 radical (unpaired) electrons. The van der Waals surface area contributed by atoms with Gasteiger partial charge < -0.3 is 15.5 Å². The highest BCUT2D eigenvalue weighted by atomic mass is 35.5. The first kappa shape index (κ1) is 24.0. The Hall–Kier alpha value is -2.27. The number of nitrogens with one attached hydrogen (secondary N) is 2. The van der Waals surface area contributed by atoms with Gasteiger partial charge in [0.2, 0.25) is 5.91 Å². The van der Waals surface area contributed by atoms with E-state index in [0.29, 0.717) is 11.8 Å². The Labute approximate surface area is 183 Å². The summed E-state index contributed by atoms with van der Waals surface area (Å²) >= 11 is 6.79. The third kappa shape index (κ3) is 5.45. The average molecular weight is 500 g/mol. The van der Waals surface area contributed by atoms with Crippen molar-refractivity contribution < 1.29 is 37.0 Å². The molecule has 3 N–H and O–H groups in total. The van der Waals surface area contributed by atoms with E-state index < -0.39 is 44.6 Å². The summed E-state index contributed by atoms with van der Waals surface area (Å²) in [6, 6.07) is -1.44. The van der Waals surface area contributed by atoms with Crippen LogP contribution in [0.1, 0.15) is 12.6 Å². The molecule has 2 atom stereocenters. The van der Waals surface area contributed by atoms with Gasteiger partial charge in [0, 0.05) is 12.3 Å². The van der Waals surface area contributed by atoms with Crippen molar-refractivity contribution in [3.8, 4) is 0 Å². The van der Waals surface area contributed by atoms with Crippen molar-refractivity contribution in [3.05, 3.63) is 11.1 Å². The second-order valence-electron chi connectivity index (χ2n) is 5.41. The maximum Gasteiger partial charge on any atom is 0.363 e. The van der Waals surface area contributed by atoms with E-state index in [-0.39, 0.29) is 26.7 Å². The molecule has 17 heteroatoms. The molecule has 3 amide bonds. The summed E-state index contributed by atoms with van der Waals surface area (Å²) in [4.78, 5) is 56.0. The third-order valence-electron chi connectivity index (χ3n) is 3.33. The first-order valence-corrected chi connectivity index (χ1v) is 11.4. The van der Waals surface area contributed by atoms with E-state index in [0.717, 1.165) is 25.4 Å². The van der Waals surface area contributed by atoms with E-state index in [2.05, 4.69) is 25.6 Å². The van der Waals surface area contributed by atoms with Crippen LogP contribution in [0.5, 0.6) is 0 Å². The lowest BCUT2D eigenvalue weighted by Gasteiger charge is -2.42. The summed E-state index contributed by atoms with van der Waals surface area (Å²) in [5, 5.41) is 7.72. The fraction of sp³-hybridized carbons (Fsp3) is 0.385. The molecule has 2 rings (SSSR count). The molecule has 0 spiro atoms. The zero-order chi connectivity index (χ0) is 22.6. The summed E-state index contributed by atoms with van der Waals surface area (Å²) < 4.78 is 31.9. The van der Waals surface area contributed by atoms with Crippen LogP contribution in [0.4, 0.5) is 5.13 Å². The number of alkyl halides is 1. The molecule has 0 aromatic carbocycles. The number of carbonyl (C=O) groups is 4. The van der Waals surface area contributed by atoms with Crippen molar-refractivity contribution in [2.24, 2.45) is 5.16 Å². The van der Waals surface area contributed by atoms with Crippen molar-refractivity contribution in [2.45, 2.75) is 18.3 Å². The average Bonchev–Trinajstić information content (AvgIpc) is 3.09. The molecule has 30 heavy (non-hydrogen) atoms. The monoisotopic (exact) mass is 499 g/mol.